The molecule has 6 heteroatoms. The third-order valence-corrected chi connectivity index (χ3v) is 3.94. The van der Waals surface area contributed by atoms with Gasteiger partial charge in [-0.3, -0.25) is 4.79 Å². The molecule has 0 aliphatic rings. The molecule has 0 aromatic heterocycles. The highest BCUT2D eigenvalue weighted by molar-refractivity contribution is 7.98. The molecule has 1 unspecified atom stereocenters. The lowest BCUT2D eigenvalue weighted by atomic mass is 10.2. The van der Waals surface area contributed by atoms with Crippen LogP contribution in [-0.4, -0.2) is 22.9 Å². The highest BCUT2D eigenvalue weighted by atomic mass is 35.5. The van der Waals surface area contributed by atoms with Crippen LogP contribution in [0.1, 0.15) is 12.0 Å². The van der Waals surface area contributed by atoms with Gasteiger partial charge in [0.25, 0.3) is 0 Å². The first-order valence-electron chi connectivity index (χ1n) is 5.00. The van der Waals surface area contributed by atoms with E-state index >= 15 is 0 Å². The molecule has 94 valence electrons. The third kappa shape index (κ3) is 5.17. The predicted molar refractivity (Wildman–Crippen MR) is 72.9 cm³/mol. The van der Waals surface area contributed by atoms with Crippen LogP contribution in [0.3, 0.4) is 0 Å². The van der Waals surface area contributed by atoms with Gasteiger partial charge < -0.3 is 10.8 Å². The highest BCUT2D eigenvalue weighted by Crippen LogP contribution is 2.24. The van der Waals surface area contributed by atoms with Crippen LogP contribution in [0.5, 0.6) is 0 Å². The number of aliphatic carboxylic acids is 1. The number of carboxylic acid groups (broad SMARTS) is 1. The molecular weight excluding hydrogens is 281 g/mol. The van der Waals surface area contributed by atoms with Crippen molar-refractivity contribution >= 4 is 40.9 Å². The fourth-order valence-corrected chi connectivity index (χ4v) is 2.45. The van der Waals surface area contributed by atoms with E-state index in [1.807, 2.05) is 12.1 Å². The molecule has 0 saturated carbocycles. The predicted octanol–water partition coefficient (Wildman–Crippen LogP) is 3.03. The summed E-state index contributed by atoms with van der Waals surface area (Å²) in [5.74, 6) is 0.511. The second kappa shape index (κ2) is 7.11. The minimum absolute atomic E-state index is 0.460. The molecule has 0 heterocycles. The Kier molecular flexibility index (Phi) is 6.12. The number of thioether (sulfide) groups is 1. The second-order valence-corrected chi connectivity index (χ2v) is 5.45. The monoisotopic (exact) mass is 293 g/mol. The Bertz CT molecular complexity index is 401. The van der Waals surface area contributed by atoms with E-state index < -0.39 is 12.0 Å². The number of rotatable bonds is 6. The van der Waals surface area contributed by atoms with Crippen molar-refractivity contribution in [2.24, 2.45) is 5.73 Å². The summed E-state index contributed by atoms with van der Waals surface area (Å²) in [6.07, 6.45) is 0.460. The Morgan fingerprint density at radius 2 is 2.12 bits per heavy atom. The molecule has 0 aliphatic heterocycles. The molecule has 1 aromatic rings. The normalized spacial score (nSPS) is 12.4. The molecule has 0 spiro atoms. The first kappa shape index (κ1) is 14.6. The summed E-state index contributed by atoms with van der Waals surface area (Å²) in [6.45, 7) is 0. The number of halogens is 2. The first-order chi connectivity index (χ1) is 8.00. The molecule has 0 saturated heterocycles. The Balaban J connectivity index is 2.31. The maximum atomic E-state index is 10.5. The zero-order valence-electron chi connectivity index (χ0n) is 9.03. The summed E-state index contributed by atoms with van der Waals surface area (Å²) in [6, 6.07) is 4.69. The van der Waals surface area contributed by atoms with Crippen LogP contribution in [0, 0.1) is 0 Å². The molecule has 0 fully saturated rings. The number of hydrogen-bond acceptors (Lipinski definition) is 3. The average molecular weight is 294 g/mol. The summed E-state index contributed by atoms with van der Waals surface area (Å²) < 4.78 is 0. The van der Waals surface area contributed by atoms with Crippen molar-refractivity contribution in [3.8, 4) is 0 Å². The van der Waals surface area contributed by atoms with Crippen molar-refractivity contribution in [3.63, 3.8) is 0 Å². The van der Waals surface area contributed by atoms with Gasteiger partial charge in [0.15, 0.2) is 0 Å². The topological polar surface area (TPSA) is 63.3 Å². The minimum Gasteiger partial charge on any atom is -0.480 e. The van der Waals surface area contributed by atoms with Crippen molar-refractivity contribution in [3.05, 3.63) is 33.8 Å². The quantitative estimate of drug-likeness (QED) is 0.792. The van der Waals surface area contributed by atoms with E-state index in [9.17, 15) is 4.79 Å². The highest BCUT2D eigenvalue weighted by Gasteiger charge is 2.10. The summed E-state index contributed by atoms with van der Waals surface area (Å²) >= 11 is 13.3. The van der Waals surface area contributed by atoms with Gasteiger partial charge in [-0.1, -0.05) is 29.3 Å². The Hall–Kier alpha value is -0.420. The standard InChI is InChI=1S/C11H13Cl2NO2S/c12-8-2-1-7(5-9(8)13)6-17-4-3-10(14)11(15)16/h1-2,5,10H,3-4,6,14H2,(H,15,16). The van der Waals surface area contributed by atoms with Gasteiger partial charge in [0.2, 0.25) is 0 Å². The van der Waals surface area contributed by atoms with Gasteiger partial charge in [-0.25, -0.2) is 0 Å². The van der Waals surface area contributed by atoms with Crippen LogP contribution in [0.25, 0.3) is 0 Å². The van der Waals surface area contributed by atoms with Gasteiger partial charge in [-0.15, -0.1) is 0 Å². The number of nitrogens with two attached hydrogens (primary N) is 1. The van der Waals surface area contributed by atoms with Crippen molar-refractivity contribution in [1.82, 2.24) is 0 Å². The minimum atomic E-state index is -0.958. The molecule has 0 bridgehead atoms. The second-order valence-electron chi connectivity index (χ2n) is 3.53. The van der Waals surface area contributed by atoms with Crippen LogP contribution in [-0.2, 0) is 10.5 Å². The summed E-state index contributed by atoms with van der Waals surface area (Å²) in [4.78, 5) is 10.5. The molecule has 1 aromatic carbocycles. The fourth-order valence-electron chi connectivity index (χ4n) is 1.15. The maximum Gasteiger partial charge on any atom is 0.320 e. The molecule has 0 amide bonds. The first-order valence-corrected chi connectivity index (χ1v) is 6.92. The fraction of sp³-hybridized carbons (Fsp3) is 0.364. The van der Waals surface area contributed by atoms with E-state index in [2.05, 4.69) is 0 Å². The largest absolute Gasteiger partial charge is 0.480 e. The molecule has 1 rings (SSSR count). The van der Waals surface area contributed by atoms with E-state index in [4.69, 9.17) is 34.0 Å². The van der Waals surface area contributed by atoms with Gasteiger partial charge in [0.1, 0.15) is 6.04 Å². The van der Waals surface area contributed by atoms with Gasteiger partial charge >= 0.3 is 5.97 Å². The lowest BCUT2D eigenvalue weighted by molar-refractivity contribution is -0.138. The molecule has 17 heavy (non-hydrogen) atoms. The van der Waals surface area contributed by atoms with Crippen molar-refractivity contribution < 1.29 is 9.90 Å². The van der Waals surface area contributed by atoms with E-state index in [0.717, 1.165) is 11.3 Å². The summed E-state index contributed by atoms with van der Waals surface area (Å²) in [7, 11) is 0. The molecule has 0 radical (unpaired) electrons. The summed E-state index contributed by atoms with van der Waals surface area (Å²) in [5, 5.41) is 9.67. The average Bonchev–Trinajstić information content (AvgIpc) is 2.28. The van der Waals surface area contributed by atoms with Crippen LogP contribution in [0.15, 0.2) is 18.2 Å². The van der Waals surface area contributed by atoms with Gasteiger partial charge in [0, 0.05) is 5.75 Å². The lowest BCUT2D eigenvalue weighted by Gasteiger charge is -2.06. The molecule has 0 aliphatic carbocycles. The number of carbonyl (C=O) groups is 1. The van der Waals surface area contributed by atoms with E-state index in [-0.39, 0.29) is 0 Å². The van der Waals surface area contributed by atoms with E-state index in [1.54, 1.807) is 17.8 Å². The van der Waals surface area contributed by atoms with Crippen molar-refractivity contribution in [1.29, 1.82) is 0 Å². The van der Waals surface area contributed by atoms with Crippen molar-refractivity contribution in [2.45, 2.75) is 18.2 Å². The Labute approximate surface area is 114 Å². The zero-order valence-corrected chi connectivity index (χ0v) is 11.4. The van der Waals surface area contributed by atoms with Gasteiger partial charge in [0.05, 0.1) is 10.0 Å². The van der Waals surface area contributed by atoms with Gasteiger partial charge in [-0.2, -0.15) is 11.8 Å². The van der Waals surface area contributed by atoms with Gasteiger partial charge in [-0.05, 0) is 29.9 Å². The van der Waals surface area contributed by atoms with E-state index in [0.29, 0.717) is 22.2 Å². The summed E-state index contributed by atoms with van der Waals surface area (Å²) in [5.41, 5.74) is 6.45. The third-order valence-electron chi connectivity index (χ3n) is 2.14. The van der Waals surface area contributed by atoms with Crippen LogP contribution in [0.2, 0.25) is 10.0 Å². The smallest absolute Gasteiger partial charge is 0.320 e. The molecule has 3 nitrogen and oxygen atoms in total. The maximum absolute atomic E-state index is 10.5. The van der Waals surface area contributed by atoms with Crippen molar-refractivity contribution in [2.75, 3.05) is 5.75 Å². The SMILES string of the molecule is NC(CCSCc1ccc(Cl)c(Cl)c1)C(=O)O. The molecular formula is C11H13Cl2NO2S. The van der Waals surface area contributed by atoms with Crippen LogP contribution >= 0.6 is 35.0 Å². The Morgan fingerprint density at radius 3 is 2.71 bits per heavy atom. The molecule has 1 atom stereocenters. The number of carboxylic acids is 1. The molecule has 3 N–H and O–H groups in total. The van der Waals surface area contributed by atoms with Crippen LogP contribution < -0.4 is 5.73 Å². The Morgan fingerprint density at radius 1 is 1.41 bits per heavy atom. The number of hydrogen-bond donors (Lipinski definition) is 2. The zero-order chi connectivity index (χ0) is 12.8. The number of benzene rings is 1. The lowest BCUT2D eigenvalue weighted by Crippen LogP contribution is -2.30. The van der Waals surface area contributed by atoms with E-state index in [1.165, 1.54) is 0 Å². The van der Waals surface area contributed by atoms with Crippen LogP contribution in [0.4, 0.5) is 0 Å².